The maximum absolute atomic E-state index is 9.78. The second kappa shape index (κ2) is 9.44. The Kier molecular flexibility index (Phi) is 6.31. The summed E-state index contributed by atoms with van der Waals surface area (Å²) in [6.45, 7) is 9.25. The van der Waals surface area contributed by atoms with Gasteiger partial charge in [-0.15, -0.1) is 5.10 Å². The van der Waals surface area contributed by atoms with Crippen molar-refractivity contribution in [1.29, 1.82) is 5.26 Å². The molecule has 2 aromatic carbocycles. The summed E-state index contributed by atoms with van der Waals surface area (Å²) in [5, 5.41) is 27.1. The Morgan fingerprint density at radius 2 is 2.00 bits per heavy atom. The molecular formula is C28H30ClN7. The minimum atomic E-state index is -0.217. The zero-order valence-corrected chi connectivity index (χ0v) is 21.8. The number of benzene rings is 2. The van der Waals surface area contributed by atoms with Gasteiger partial charge in [0.05, 0.1) is 40.1 Å². The van der Waals surface area contributed by atoms with Gasteiger partial charge in [-0.05, 0) is 48.4 Å². The van der Waals surface area contributed by atoms with Crippen molar-refractivity contribution in [2.75, 3.05) is 17.2 Å². The Labute approximate surface area is 216 Å². The maximum Gasteiger partial charge on any atom is 0.109 e. The third kappa shape index (κ3) is 5.00. The summed E-state index contributed by atoms with van der Waals surface area (Å²) < 4.78 is 1.97. The Bertz CT molecular complexity index is 1460. The summed E-state index contributed by atoms with van der Waals surface area (Å²) in [4.78, 5) is 4.49. The molecule has 4 aromatic rings. The number of nitrogens with one attached hydrogen (secondary N) is 2. The summed E-state index contributed by atoms with van der Waals surface area (Å²) in [6, 6.07) is 14.7. The van der Waals surface area contributed by atoms with Crippen molar-refractivity contribution in [2.45, 2.75) is 52.6 Å². The first kappa shape index (κ1) is 24.1. The van der Waals surface area contributed by atoms with E-state index in [4.69, 9.17) is 11.6 Å². The van der Waals surface area contributed by atoms with Crippen molar-refractivity contribution >= 4 is 33.9 Å². The molecule has 5 rings (SSSR count). The molecule has 1 aliphatic rings. The number of nitriles is 1. The largest absolute Gasteiger partial charge is 0.383 e. The van der Waals surface area contributed by atoms with Gasteiger partial charge in [0.2, 0.25) is 0 Å². The van der Waals surface area contributed by atoms with Crippen LogP contribution in [0.3, 0.4) is 0 Å². The quantitative estimate of drug-likeness (QED) is 0.295. The zero-order chi connectivity index (χ0) is 25.4. The third-order valence-corrected chi connectivity index (χ3v) is 6.68. The highest BCUT2D eigenvalue weighted by Gasteiger charge is 2.27. The Balaban J connectivity index is 1.59. The van der Waals surface area contributed by atoms with Crippen molar-refractivity contribution < 1.29 is 0 Å². The molecule has 7 nitrogen and oxygen atoms in total. The van der Waals surface area contributed by atoms with Gasteiger partial charge in [0.1, 0.15) is 11.8 Å². The summed E-state index contributed by atoms with van der Waals surface area (Å²) in [5.41, 5.74) is 5.86. The minimum Gasteiger partial charge on any atom is -0.383 e. The van der Waals surface area contributed by atoms with Crippen molar-refractivity contribution in [3.8, 4) is 6.07 Å². The van der Waals surface area contributed by atoms with Crippen molar-refractivity contribution in [2.24, 2.45) is 5.41 Å². The van der Waals surface area contributed by atoms with E-state index in [0.717, 1.165) is 46.4 Å². The first-order valence-electron chi connectivity index (χ1n) is 12.2. The summed E-state index contributed by atoms with van der Waals surface area (Å²) >= 11 is 6.74. The second-order valence-electron chi connectivity index (χ2n) is 10.7. The Hall–Kier alpha value is -3.63. The Morgan fingerprint density at radius 1 is 1.22 bits per heavy atom. The highest BCUT2D eigenvalue weighted by atomic mass is 35.5. The van der Waals surface area contributed by atoms with Gasteiger partial charge in [0.25, 0.3) is 0 Å². The fraction of sp³-hybridized carbons (Fsp3) is 0.357. The predicted octanol–water partition coefficient (Wildman–Crippen LogP) is 6.65. The fourth-order valence-corrected chi connectivity index (χ4v) is 4.57. The summed E-state index contributed by atoms with van der Waals surface area (Å²) in [7, 11) is 0. The molecular weight excluding hydrogens is 470 g/mol. The molecule has 0 bridgehead atoms. The number of aryl methyl sites for hydroxylation is 1. The zero-order valence-electron chi connectivity index (χ0n) is 21.0. The van der Waals surface area contributed by atoms with Crippen LogP contribution in [0, 0.1) is 23.7 Å². The van der Waals surface area contributed by atoms with Gasteiger partial charge in [-0.2, -0.15) is 5.26 Å². The van der Waals surface area contributed by atoms with E-state index in [9.17, 15) is 5.26 Å². The smallest absolute Gasteiger partial charge is 0.109 e. The van der Waals surface area contributed by atoms with Crippen LogP contribution >= 0.6 is 11.6 Å². The molecule has 1 atom stereocenters. The van der Waals surface area contributed by atoms with Crippen molar-refractivity contribution in [3.05, 3.63) is 76.2 Å². The molecule has 1 aliphatic carbocycles. The summed E-state index contributed by atoms with van der Waals surface area (Å²) in [5.74, 6) is 0. The van der Waals surface area contributed by atoms with Gasteiger partial charge >= 0.3 is 0 Å². The number of aromatic nitrogens is 4. The monoisotopic (exact) mass is 499 g/mol. The van der Waals surface area contributed by atoms with Crippen LogP contribution in [0.15, 0.2) is 48.8 Å². The topological polar surface area (TPSA) is 91.5 Å². The van der Waals surface area contributed by atoms with Crippen LogP contribution in [-0.2, 0) is 0 Å². The molecule has 0 radical (unpaired) electrons. The number of rotatable bonds is 7. The number of halogens is 1. The van der Waals surface area contributed by atoms with Crippen LogP contribution in [-0.4, -0.2) is 26.5 Å². The normalized spacial score (nSPS) is 14.4. The van der Waals surface area contributed by atoms with Gasteiger partial charge in [-0.1, -0.05) is 61.9 Å². The third-order valence-electron chi connectivity index (χ3n) is 6.40. The average molecular weight is 500 g/mol. The van der Waals surface area contributed by atoms with Gasteiger partial charge in [-0.3, -0.25) is 4.98 Å². The highest BCUT2D eigenvalue weighted by Crippen LogP contribution is 2.38. The molecule has 1 unspecified atom stereocenters. The Morgan fingerprint density at radius 3 is 2.69 bits per heavy atom. The molecule has 2 heterocycles. The van der Waals surface area contributed by atoms with E-state index in [1.807, 2.05) is 35.1 Å². The number of pyridine rings is 1. The number of anilines is 2. The van der Waals surface area contributed by atoms with E-state index in [-0.39, 0.29) is 11.5 Å². The molecule has 8 heteroatoms. The van der Waals surface area contributed by atoms with E-state index in [0.29, 0.717) is 28.7 Å². The van der Waals surface area contributed by atoms with Crippen LogP contribution in [0.4, 0.5) is 11.4 Å². The lowest BCUT2D eigenvalue weighted by molar-refractivity contribution is 0.443. The van der Waals surface area contributed by atoms with Crippen LogP contribution in [0.2, 0.25) is 5.02 Å². The molecule has 2 aromatic heterocycles. The van der Waals surface area contributed by atoms with Crippen molar-refractivity contribution in [1.82, 2.24) is 20.0 Å². The van der Waals surface area contributed by atoms with Gasteiger partial charge in [0.15, 0.2) is 0 Å². The molecule has 0 spiro atoms. The number of hydrogen-bond acceptors (Lipinski definition) is 6. The average Bonchev–Trinajstić information content (AvgIpc) is 3.57. The van der Waals surface area contributed by atoms with Crippen molar-refractivity contribution in [3.63, 3.8) is 0 Å². The van der Waals surface area contributed by atoms with Crippen LogP contribution in [0.25, 0.3) is 10.9 Å². The van der Waals surface area contributed by atoms with E-state index in [1.54, 1.807) is 6.20 Å². The van der Waals surface area contributed by atoms with E-state index in [2.05, 4.69) is 71.8 Å². The lowest BCUT2D eigenvalue weighted by Crippen LogP contribution is -2.20. The minimum absolute atomic E-state index is 0.0330. The van der Waals surface area contributed by atoms with Crippen LogP contribution < -0.4 is 10.6 Å². The van der Waals surface area contributed by atoms with Gasteiger partial charge in [-0.25, -0.2) is 4.68 Å². The van der Waals surface area contributed by atoms with Gasteiger partial charge in [0, 0.05) is 23.8 Å². The first-order chi connectivity index (χ1) is 17.2. The molecule has 36 heavy (non-hydrogen) atoms. The lowest BCUT2D eigenvalue weighted by atomic mass is 9.96. The molecule has 0 amide bonds. The lowest BCUT2D eigenvalue weighted by Gasteiger charge is -2.23. The number of nitrogens with zero attached hydrogens (tertiary/aromatic N) is 5. The molecule has 0 aliphatic heterocycles. The van der Waals surface area contributed by atoms with E-state index in [1.165, 1.54) is 0 Å². The first-order valence-corrected chi connectivity index (χ1v) is 12.6. The number of hydrogen-bond donors (Lipinski definition) is 2. The standard InChI is InChI=1S/C28H30ClN7/c1-17-7-5-6-8-21(17)27(24-15-36(35-34-24)20-9-10-20)33-19-11-22-25(32-16-28(2,3)4)18(13-30)14-31-26(22)23(29)12-19/h5-8,11-12,14-15,20,27,33H,9-10,16H2,1-4H3,(H,31,32). The number of fused-ring (bicyclic) bond motifs is 1. The van der Waals surface area contributed by atoms with Crippen LogP contribution in [0.5, 0.6) is 0 Å². The molecule has 1 saturated carbocycles. The predicted molar refractivity (Wildman–Crippen MR) is 144 cm³/mol. The fourth-order valence-electron chi connectivity index (χ4n) is 4.30. The molecule has 1 fully saturated rings. The van der Waals surface area contributed by atoms with Gasteiger partial charge < -0.3 is 10.6 Å². The molecule has 2 N–H and O–H groups in total. The SMILES string of the molecule is Cc1ccccc1C(Nc1cc(Cl)c2ncc(C#N)c(NCC(C)(C)C)c2c1)c1cn(C2CC2)nn1. The maximum atomic E-state index is 9.78. The van der Waals surface area contributed by atoms with E-state index >= 15 is 0 Å². The van der Waals surface area contributed by atoms with Crippen LogP contribution in [0.1, 0.15) is 68.1 Å². The molecule has 0 saturated heterocycles. The molecule has 184 valence electrons. The van der Waals surface area contributed by atoms with E-state index < -0.39 is 0 Å². The summed E-state index contributed by atoms with van der Waals surface area (Å²) in [6.07, 6.45) is 5.91. The second-order valence-corrected chi connectivity index (χ2v) is 11.1. The highest BCUT2D eigenvalue weighted by molar-refractivity contribution is 6.35.